The molecular weight excluding hydrogens is 408 g/mol. The maximum absolute atomic E-state index is 12.2. The van der Waals surface area contributed by atoms with Crippen molar-refractivity contribution in [3.05, 3.63) is 71.1 Å². The molecule has 0 unspecified atom stereocenters. The monoisotopic (exact) mass is 422 g/mol. The second-order valence-corrected chi connectivity index (χ2v) is 8.27. The number of carbonyl (C=O) groups excluding carboxylic acids is 1. The van der Waals surface area contributed by atoms with Gasteiger partial charge in [0.2, 0.25) is 5.38 Å². The van der Waals surface area contributed by atoms with Crippen LogP contribution in [0.2, 0.25) is 0 Å². The summed E-state index contributed by atoms with van der Waals surface area (Å²) in [5, 5.41) is 2.17. The van der Waals surface area contributed by atoms with E-state index in [-0.39, 0.29) is 22.8 Å². The van der Waals surface area contributed by atoms with Gasteiger partial charge in [0, 0.05) is 5.56 Å². The van der Waals surface area contributed by atoms with Crippen LogP contribution in [0.4, 0.5) is 0 Å². The molecule has 0 aliphatic heterocycles. The van der Waals surface area contributed by atoms with Gasteiger partial charge in [-0.1, -0.05) is 60.2 Å². The molecule has 0 spiro atoms. The zero-order valence-electron chi connectivity index (χ0n) is 12.5. The number of Topliss-reactive ketones (excluding diaryl/α,β-unsaturated/α-hetero) is 1. The highest BCUT2D eigenvalue weighted by Crippen LogP contribution is 2.39. The molecular formula is C18H15BrOS3. The van der Waals surface area contributed by atoms with Crippen molar-refractivity contribution in [3.8, 4) is 11.1 Å². The van der Waals surface area contributed by atoms with E-state index in [0.717, 1.165) is 5.56 Å². The summed E-state index contributed by atoms with van der Waals surface area (Å²) in [5.41, 5.74) is 4.50. The van der Waals surface area contributed by atoms with E-state index in [4.69, 9.17) is 0 Å². The third kappa shape index (κ3) is 4.73. The predicted octanol–water partition coefficient (Wildman–Crippen LogP) is 3.05. The number of benzene rings is 2. The maximum Gasteiger partial charge on any atom is 0.293 e. The van der Waals surface area contributed by atoms with Crippen LogP contribution in [0.25, 0.3) is 11.1 Å². The molecule has 5 heteroatoms. The van der Waals surface area contributed by atoms with Gasteiger partial charge in [-0.3, -0.25) is 4.79 Å². The molecule has 1 nitrogen and oxygen atoms in total. The minimum absolute atomic E-state index is 0. The Balaban J connectivity index is 0.00000192. The van der Waals surface area contributed by atoms with Gasteiger partial charge >= 0.3 is 0 Å². The summed E-state index contributed by atoms with van der Waals surface area (Å²) in [6, 6.07) is 18.0. The van der Waals surface area contributed by atoms with Gasteiger partial charge in [0.1, 0.15) is 4.21 Å². The van der Waals surface area contributed by atoms with E-state index in [1.54, 1.807) is 32.4 Å². The highest BCUT2D eigenvalue weighted by molar-refractivity contribution is 8.03. The van der Waals surface area contributed by atoms with Crippen LogP contribution in [-0.4, -0.2) is 11.5 Å². The average molecular weight is 423 g/mol. The van der Waals surface area contributed by atoms with Crippen molar-refractivity contribution in [2.75, 3.05) is 5.75 Å². The Bertz CT molecular complexity index is 766. The lowest BCUT2D eigenvalue weighted by Gasteiger charge is -2.02. The normalized spacial score (nSPS) is 10.1. The molecule has 0 aliphatic rings. The molecule has 0 aliphatic carbocycles. The van der Waals surface area contributed by atoms with Crippen molar-refractivity contribution >= 4 is 38.2 Å². The smallest absolute Gasteiger partial charge is 0.293 e. The zero-order valence-corrected chi connectivity index (χ0v) is 16.5. The van der Waals surface area contributed by atoms with Gasteiger partial charge in [-0.05, 0) is 12.5 Å². The summed E-state index contributed by atoms with van der Waals surface area (Å²) < 4.78 is 1.22. The van der Waals surface area contributed by atoms with Crippen LogP contribution in [0.1, 0.15) is 15.9 Å². The van der Waals surface area contributed by atoms with Crippen molar-refractivity contribution < 1.29 is 21.8 Å². The number of ketones is 1. The molecule has 0 bridgehead atoms. The first-order valence-electron chi connectivity index (χ1n) is 6.93. The van der Waals surface area contributed by atoms with Crippen molar-refractivity contribution in [3.63, 3.8) is 0 Å². The third-order valence-corrected chi connectivity index (χ3v) is 6.99. The number of aryl methyl sites for hydroxylation is 1. The number of hydrogen-bond acceptors (Lipinski definition) is 3. The summed E-state index contributed by atoms with van der Waals surface area (Å²) in [4.78, 5) is 12.2. The van der Waals surface area contributed by atoms with Gasteiger partial charge in [0.05, 0.1) is 11.3 Å². The summed E-state index contributed by atoms with van der Waals surface area (Å²) in [5.74, 6) is 0.662. The van der Waals surface area contributed by atoms with E-state index >= 15 is 0 Å². The molecule has 0 radical (unpaired) electrons. The van der Waals surface area contributed by atoms with Crippen molar-refractivity contribution in [1.82, 2.24) is 0 Å². The molecule has 0 saturated carbocycles. The first kappa shape index (κ1) is 18.3. The van der Waals surface area contributed by atoms with Crippen LogP contribution in [0.15, 0.2) is 64.2 Å². The van der Waals surface area contributed by atoms with Crippen LogP contribution in [-0.2, 0) is 0 Å². The molecule has 3 rings (SSSR count). The van der Waals surface area contributed by atoms with Crippen LogP contribution >= 0.6 is 32.4 Å². The molecule has 2 aromatic carbocycles. The summed E-state index contributed by atoms with van der Waals surface area (Å²) in [6.45, 7) is 2.09. The molecule has 0 amide bonds. The second-order valence-electron chi connectivity index (χ2n) is 4.94. The number of hydrogen-bond donors (Lipinski definition) is 0. The molecule has 0 saturated heterocycles. The number of rotatable bonds is 5. The average Bonchev–Trinajstić information content (AvgIpc) is 3.02. The van der Waals surface area contributed by atoms with E-state index < -0.39 is 0 Å². The standard InChI is InChI=1S/C18H15OS3.BrH/c1-13-7-9-14(10-8-13)16-11-21-22-18(16)20-12-17(19)15-5-3-2-4-6-15;/h2-11H,12H2,1H3;1H/q+1;/p-1. The number of carbonyl (C=O) groups is 1. The Morgan fingerprint density at radius 1 is 1.09 bits per heavy atom. The fourth-order valence-electron chi connectivity index (χ4n) is 2.07. The lowest BCUT2D eigenvalue weighted by molar-refractivity contribution is -0.0000120. The van der Waals surface area contributed by atoms with E-state index in [2.05, 4.69) is 36.6 Å². The minimum atomic E-state index is 0. The van der Waals surface area contributed by atoms with Crippen LogP contribution < -0.4 is 17.0 Å². The largest absolute Gasteiger partial charge is 1.00 e. The van der Waals surface area contributed by atoms with Gasteiger partial charge in [-0.25, -0.2) is 0 Å². The number of thioether (sulfide) groups is 1. The van der Waals surface area contributed by atoms with E-state index in [1.165, 1.54) is 20.9 Å². The molecule has 0 fully saturated rings. The van der Waals surface area contributed by atoms with Crippen LogP contribution in [0.5, 0.6) is 0 Å². The Morgan fingerprint density at radius 3 is 2.48 bits per heavy atom. The van der Waals surface area contributed by atoms with Gasteiger partial charge in [0.15, 0.2) is 16.1 Å². The molecule has 1 heterocycles. The van der Waals surface area contributed by atoms with Crippen molar-refractivity contribution in [1.29, 1.82) is 0 Å². The van der Waals surface area contributed by atoms with E-state index in [9.17, 15) is 4.79 Å². The maximum atomic E-state index is 12.2. The first-order chi connectivity index (χ1) is 10.7. The van der Waals surface area contributed by atoms with Crippen molar-refractivity contribution in [2.45, 2.75) is 11.1 Å². The minimum Gasteiger partial charge on any atom is -1.00 e. The van der Waals surface area contributed by atoms with Crippen LogP contribution in [0.3, 0.4) is 0 Å². The topological polar surface area (TPSA) is 17.1 Å². The van der Waals surface area contributed by atoms with Crippen molar-refractivity contribution in [2.24, 2.45) is 0 Å². The summed E-state index contributed by atoms with van der Waals surface area (Å²) in [7, 11) is 3.46. The SMILES string of the molecule is Cc1ccc(-c2c[s+]sc2SCC(=O)c2ccccc2)cc1.[Br-]. The third-order valence-electron chi connectivity index (χ3n) is 3.30. The fraction of sp³-hybridized carbons (Fsp3) is 0.111. The Kier molecular flexibility index (Phi) is 6.96. The quantitative estimate of drug-likeness (QED) is 0.272. The Morgan fingerprint density at radius 2 is 1.78 bits per heavy atom. The van der Waals surface area contributed by atoms with Crippen LogP contribution in [0, 0.1) is 6.92 Å². The van der Waals surface area contributed by atoms with E-state index in [1.807, 2.05) is 30.3 Å². The van der Waals surface area contributed by atoms with Gasteiger partial charge < -0.3 is 17.0 Å². The van der Waals surface area contributed by atoms with Gasteiger partial charge in [-0.2, -0.15) is 0 Å². The van der Waals surface area contributed by atoms with Gasteiger partial charge in [0.25, 0.3) is 10.3 Å². The first-order valence-corrected chi connectivity index (χ1v) is 10.1. The fourth-order valence-corrected chi connectivity index (χ4v) is 5.85. The Hall–Kier alpha value is -1.01. The molecule has 3 aromatic rings. The number of halogens is 1. The highest BCUT2D eigenvalue weighted by Gasteiger charge is 2.17. The summed E-state index contributed by atoms with van der Waals surface area (Å²) in [6.07, 6.45) is 0. The predicted molar refractivity (Wildman–Crippen MR) is 98.3 cm³/mol. The highest BCUT2D eigenvalue weighted by atomic mass is 79.9. The summed E-state index contributed by atoms with van der Waals surface area (Å²) >= 11 is 1.64. The second kappa shape index (κ2) is 8.73. The molecule has 118 valence electrons. The zero-order chi connectivity index (χ0) is 15.4. The van der Waals surface area contributed by atoms with E-state index in [0.29, 0.717) is 5.75 Å². The lowest BCUT2D eigenvalue weighted by atomic mass is 10.1. The Labute approximate surface area is 158 Å². The molecule has 0 N–H and O–H groups in total. The van der Waals surface area contributed by atoms with Gasteiger partial charge in [-0.15, -0.1) is 11.8 Å². The molecule has 1 aromatic heterocycles. The lowest BCUT2D eigenvalue weighted by Crippen LogP contribution is -3.00. The molecule has 23 heavy (non-hydrogen) atoms. The molecule has 0 atom stereocenters.